The summed E-state index contributed by atoms with van der Waals surface area (Å²) < 4.78 is 5.75. The Labute approximate surface area is 160 Å². The molecule has 3 rings (SSSR count). The Balaban J connectivity index is 1.75. The fraction of sp³-hybridized carbons (Fsp3) is 0.364. The number of carbonyl (C=O) groups excluding carboxylic acids is 2. The monoisotopic (exact) mass is 366 g/mol. The maximum atomic E-state index is 12.9. The number of hydrogen-bond donors (Lipinski definition) is 2. The van der Waals surface area contributed by atoms with Crippen LogP contribution in [0.2, 0.25) is 0 Å². The summed E-state index contributed by atoms with van der Waals surface area (Å²) in [4.78, 5) is 25.7. The van der Waals surface area contributed by atoms with Crippen molar-refractivity contribution < 1.29 is 14.3 Å². The van der Waals surface area contributed by atoms with E-state index in [0.717, 1.165) is 16.8 Å². The van der Waals surface area contributed by atoms with E-state index >= 15 is 0 Å². The molecule has 1 saturated carbocycles. The molecule has 5 heteroatoms. The van der Waals surface area contributed by atoms with Crippen LogP contribution >= 0.6 is 0 Å². The molecule has 0 heterocycles. The maximum Gasteiger partial charge on any atom is 0.240 e. The number of para-hydroxylation sites is 2. The van der Waals surface area contributed by atoms with E-state index in [-0.39, 0.29) is 17.9 Å². The molecule has 27 heavy (non-hydrogen) atoms. The van der Waals surface area contributed by atoms with Crippen molar-refractivity contribution in [2.45, 2.75) is 46.6 Å². The second-order valence-electron chi connectivity index (χ2n) is 7.40. The van der Waals surface area contributed by atoms with Crippen LogP contribution in [0.25, 0.3) is 0 Å². The van der Waals surface area contributed by atoms with E-state index in [1.807, 2.05) is 64.1 Å². The zero-order chi connectivity index (χ0) is 19.6. The first-order chi connectivity index (χ1) is 12.8. The van der Waals surface area contributed by atoms with Crippen LogP contribution in [-0.2, 0) is 9.59 Å². The minimum absolute atomic E-state index is 0.00877. The fourth-order valence-corrected chi connectivity index (χ4v) is 2.98. The Hall–Kier alpha value is -2.82. The zero-order valence-corrected chi connectivity index (χ0v) is 16.3. The third-order valence-corrected chi connectivity index (χ3v) is 4.97. The Kier molecular flexibility index (Phi) is 5.22. The van der Waals surface area contributed by atoms with Crippen LogP contribution in [0.1, 0.15) is 37.8 Å². The molecule has 5 nitrogen and oxygen atoms in total. The van der Waals surface area contributed by atoms with Gasteiger partial charge in [-0.2, -0.15) is 0 Å². The van der Waals surface area contributed by atoms with E-state index in [9.17, 15) is 9.59 Å². The normalized spacial score (nSPS) is 14.6. The Morgan fingerprint density at radius 3 is 2.15 bits per heavy atom. The number of anilines is 2. The van der Waals surface area contributed by atoms with Gasteiger partial charge in [0, 0.05) is 5.69 Å². The van der Waals surface area contributed by atoms with Crippen LogP contribution in [-0.4, -0.2) is 17.9 Å². The largest absolute Gasteiger partial charge is 0.489 e. The van der Waals surface area contributed by atoms with Crippen molar-refractivity contribution in [2.75, 3.05) is 10.6 Å². The van der Waals surface area contributed by atoms with Crippen molar-refractivity contribution in [1.82, 2.24) is 0 Å². The van der Waals surface area contributed by atoms with E-state index in [1.165, 1.54) is 0 Å². The van der Waals surface area contributed by atoms with Gasteiger partial charge in [0.2, 0.25) is 11.8 Å². The van der Waals surface area contributed by atoms with Crippen molar-refractivity contribution in [2.24, 2.45) is 5.41 Å². The van der Waals surface area contributed by atoms with Gasteiger partial charge in [-0.25, -0.2) is 0 Å². The number of amides is 2. The number of benzene rings is 2. The van der Waals surface area contributed by atoms with Gasteiger partial charge < -0.3 is 15.4 Å². The molecular formula is C22H26N2O3. The zero-order valence-electron chi connectivity index (χ0n) is 16.3. The van der Waals surface area contributed by atoms with Crippen molar-refractivity contribution in [3.05, 3.63) is 53.6 Å². The van der Waals surface area contributed by atoms with Crippen LogP contribution in [0.5, 0.6) is 5.75 Å². The van der Waals surface area contributed by atoms with E-state index < -0.39 is 5.41 Å². The Bertz CT molecular complexity index is 870. The highest BCUT2D eigenvalue weighted by Crippen LogP contribution is 2.48. The van der Waals surface area contributed by atoms with E-state index in [1.54, 1.807) is 6.07 Å². The molecule has 0 bridgehead atoms. The second kappa shape index (κ2) is 7.43. The van der Waals surface area contributed by atoms with E-state index in [4.69, 9.17) is 4.74 Å². The molecule has 2 N–H and O–H groups in total. The van der Waals surface area contributed by atoms with Gasteiger partial charge in [0.05, 0.1) is 11.8 Å². The van der Waals surface area contributed by atoms with Crippen molar-refractivity contribution >= 4 is 23.2 Å². The highest BCUT2D eigenvalue weighted by Gasteiger charge is 2.56. The molecule has 2 amide bonds. The topological polar surface area (TPSA) is 67.4 Å². The summed E-state index contributed by atoms with van der Waals surface area (Å²) in [6, 6.07) is 13.0. The number of aryl methyl sites for hydroxylation is 1. The van der Waals surface area contributed by atoms with Gasteiger partial charge in [-0.05, 0) is 69.9 Å². The predicted molar refractivity (Wildman–Crippen MR) is 107 cm³/mol. The average Bonchev–Trinajstić information content (AvgIpc) is 3.42. The lowest BCUT2D eigenvalue weighted by Crippen LogP contribution is -2.36. The molecule has 2 aromatic carbocycles. The van der Waals surface area contributed by atoms with Gasteiger partial charge in [-0.3, -0.25) is 9.59 Å². The molecule has 0 unspecified atom stereocenters. The summed E-state index contributed by atoms with van der Waals surface area (Å²) in [5, 5.41) is 5.82. The molecule has 0 radical (unpaired) electrons. The fourth-order valence-electron chi connectivity index (χ4n) is 2.98. The third kappa shape index (κ3) is 3.97. The molecule has 142 valence electrons. The highest BCUT2D eigenvalue weighted by atomic mass is 16.5. The van der Waals surface area contributed by atoms with Crippen LogP contribution < -0.4 is 15.4 Å². The van der Waals surface area contributed by atoms with Crippen molar-refractivity contribution in [3.63, 3.8) is 0 Å². The standard InChI is InChI=1S/C22H26N2O3/c1-14(2)27-19-11-6-5-9-18(19)24-21(26)22(12-13-22)20(25)23-17-10-7-8-15(3)16(17)4/h5-11,14H,12-13H2,1-4H3,(H,23,25)(H,24,26). The number of nitrogens with one attached hydrogen (secondary N) is 2. The van der Waals surface area contributed by atoms with Crippen LogP contribution in [0.4, 0.5) is 11.4 Å². The quantitative estimate of drug-likeness (QED) is 0.742. The van der Waals surface area contributed by atoms with Gasteiger partial charge >= 0.3 is 0 Å². The van der Waals surface area contributed by atoms with Crippen molar-refractivity contribution in [1.29, 1.82) is 0 Å². The van der Waals surface area contributed by atoms with Gasteiger partial charge in [0.15, 0.2) is 0 Å². The number of ether oxygens (including phenoxy) is 1. The first-order valence-electron chi connectivity index (χ1n) is 9.28. The summed E-state index contributed by atoms with van der Waals surface area (Å²) in [5.41, 5.74) is 2.44. The minimum Gasteiger partial charge on any atom is -0.489 e. The van der Waals surface area contributed by atoms with Crippen LogP contribution in [0.15, 0.2) is 42.5 Å². The Morgan fingerprint density at radius 2 is 1.52 bits per heavy atom. The van der Waals surface area contributed by atoms with Crippen molar-refractivity contribution in [3.8, 4) is 5.75 Å². The van der Waals surface area contributed by atoms with E-state index in [0.29, 0.717) is 24.3 Å². The number of hydrogen-bond acceptors (Lipinski definition) is 3. The lowest BCUT2D eigenvalue weighted by atomic mass is 10.0. The summed E-state index contributed by atoms with van der Waals surface area (Å²) >= 11 is 0. The highest BCUT2D eigenvalue weighted by molar-refractivity contribution is 6.17. The lowest BCUT2D eigenvalue weighted by molar-refractivity contribution is -0.131. The number of rotatable bonds is 6. The average molecular weight is 366 g/mol. The van der Waals surface area contributed by atoms with Gasteiger partial charge in [0.25, 0.3) is 0 Å². The molecule has 0 atom stereocenters. The third-order valence-electron chi connectivity index (χ3n) is 4.97. The molecule has 1 aliphatic carbocycles. The minimum atomic E-state index is -1.01. The number of carbonyl (C=O) groups is 2. The van der Waals surface area contributed by atoms with Crippen LogP contribution in [0, 0.1) is 19.3 Å². The second-order valence-corrected chi connectivity index (χ2v) is 7.40. The van der Waals surface area contributed by atoms with Gasteiger partial charge in [-0.1, -0.05) is 24.3 Å². The Morgan fingerprint density at radius 1 is 0.926 bits per heavy atom. The molecule has 1 fully saturated rings. The predicted octanol–water partition coefficient (Wildman–Crippen LogP) is 4.45. The SMILES string of the molecule is Cc1cccc(NC(=O)C2(C(=O)Nc3ccccc3OC(C)C)CC2)c1C. The van der Waals surface area contributed by atoms with Crippen LogP contribution in [0.3, 0.4) is 0 Å². The molecule has 0 saturated heterocycles. The summed E-state index contributed by atoms with van der Waals surface area (Å²) in [5.74, 6) is 0.0626. The van der Waals surface area contributed by atoms with E-state index in [2.05, 4.69) is 10.6 Å². The smallest absolute Gasteiger partial charge is 0.240 e. The molecular weight excluding hydrogens is 340 g/mol. The first kappa shape index (κ1) is 19.0. The van der Waals surface area contributed by atoms with Gasteiger partial charge in [0.1, 0.15) is 11.2 Å². The first-order valence-corrected chi connectivity index (χ1v) is 9.28. The molecule has 0 aliphatic heterocycles. The maximum absolute atomic E-state index is 12.9. The summed E-state index contributed by atoms with van der Waals surface area (Å²) in [6.45, 7) is 7.82. The molecule has 2 aromatic rings. The molecule has 1 aliphatic rings. The molecule has 0 aromatic heterocycles. The lowest BCUT2D eigenvalue weighted by Gasteiger charge is -2.19. The van der Waals surface area contributed by atoms with Gasteiger partial charge in [-0.15, -0.1) is 0 Å². The summed E-state index contributed by atoms with van der Waals surface area (Å²) in [6.07, 6.45) is 1.08. The summed E-state index contributed by atoms with van der Waals surface area (Å²) in [7, 11) is 0. The molecule has 0 spiro atoms.